The zero-order chi connectivity index (χ0) is 13.9. The van der Waals surface area contributed by atoms with Crippen molar-refractivity contribution in [2.24, 2.45) is 5.92 Å². The fourth-order valence-electron chi connectivity index (χ4n) is 2.75. The molecule has 3 N–H and O–H groups in total. The molecule has 1 amide bonds. The molecule has 0 unspecified atom stereocenters. The molecule has 0 aromatic heterocycles. The Bertz CT molecular complexity index is 341. The van der Waals surface area contributed by atoms with Gasteiger partial charge in [0.2, 0.25) is 5.91 Å². The van der Waals surface area contributed by atoms with Crippen molar-refractivity contribution in [1.82, 2.24) is 10.2 Å². The van der Waals surface area contributed by atoms with Gasteiger partial charge in [-0.05, 0) is 32.1 Å². The van der Waals surface area contributed by atoms with Gasteiger partial charge in [0.1, 0.15) is 0 Å². The van der Waals surface area contributed by atoms with Gasteiger partial charge in [-0.1, -0.05) is 0 Å². The van der Waals surface area contributed by atoms with Crippen molar-refractivity contribution in [2.75, 3.05) is 26.2 Å². The Morgan fingerprint density at radius 1 is 1.26 bits per heavy atom. The number of amides is 1. The molecule has 1 saturated carbocycles. The Hall–Kier alpha value is -1.14. The van der Waals surface area contributed by atoms with Gasteiger partial charge in [-0.3, -0.25) is 9.59 Å². The van der Waals surface area contributed by atoms with Crippen molar-refractivity contribution >= 4 is 11.9 Å². The monoisotopic (exact) mass is 270 g/mol. The van der Waals surface area contributed by atoms with Crippen LogP contribution in [0.5, 0.6) is 0 Å². The van der Waals surface area contributed by atoms with E-state index in [2.05, 4.69) is 5.32 Å². The summed E-state index contributed by atoms with van der Waals surface area (Å²) in [6, 6.07) is 0. The number of likely N-dealkylation sites (tertiary alicyclic amines) is 1. The van der Waals surface area contributed by atoms with Gasteiger partial charge >= 0.3 is 5.97 Å². The number of piperidine rings is 1. The lowest BCUT2D eigenvalue weighted by atomic mass is 9.77. The van der Waals surface area contributed by atoms with Crippen LogP contribution in [0.4, 0.5) is 0 Å². The highest BCUT2D eigenvalue weighted by Crippen LogP contribution is 2.31. The molecule has 2 aliphatic rings. The predicted molar refractivity (Wildman–Crippen MR) is 68.6 cm³/mol. The summed E-state index contributed by atoms with van der Waals surface area (Å²) in [7, 11) is 0. The Balaban J connectivity index is 1.74. The van der Waals surface area contributed by atoms with E-state index in [4.69, 9.17) is 5.11 Å². The average molecular weight is 270 g/mol. The molecule has 0 bridgehead atoms. The first-order valence-electron chi connectivity index (χ1n) is 6.93. The first-order chi connectivity index (χ1) is 9.06. The minimum Gasteiger partial charge on any atom is -0.481 e. The Labute approximate surface area is 112 Å². The van der Waals surface area contributed by atoms with Crippen LogP contribution in [0.2, 0.25) is 0 Å². The van der Waals surface area contributed by atoms with Crippen LogP contribution < -0.4 is 5.32 Å². The van der Waals surface area contributed by atoms with Crippen molar-refractivity contribution in [1.29, 1.82) is 0 Å². The number of carbonyl (C=O) groups excluding carboxylic acids is 1. The standard InChI is InChI=1S/C13H22N2O4/c16-9-13(4-1-5-13)14-8-11(17)15-6-2-10(3-7-15)12(18)19/h10,14,16H,1-9H2,(H,18,19). The van der Waals surface area contributed by atoms with Crippen LogP contribution in [0, 0.1) is 5.92 Å². The molecular formula is C13H22N2O4. The van der Waals surface area contributed by atoms with Gasteiger partial charge in [-0.25, -0.2) is 0 Å². The second-order valence-corrected chi connectivity index (χ2v) is 5.64. The first-order valence-corrected chi connectivity index (χ1v) is 6.93. The number of carboxylic acid groups (broad SMARTS) is 1. The number of carbonyl (C=O) groups is 2. The van der Waals surface area contributed by atoms with E-state index >= 15 is 0 Å². The maximum Gasteiger partial charge on any atom is 0.306 e. The molecule has 2 fully saturated rings. The van der Waals surface area contributed by atoms with Crippen molar-refractivity contribution in [2.45, 2.75) is 37.6 Å². The topological polar surface area (TPSA) is 89.9 Å². The van der Waals surface area contributed by atoms with E-state index < -0.39 is 5.97 Å². The summed E-state index contributed by atoms with van der Waals surface area (Å²) in [5.41, 5.74) is -0.255. The minimum atomic E-state index is -0.765. The SMILES string of the molecule is O=C(O)C1CCN(C(=O)CNC2(CO)CCC2)CC1. The number of aliphatic carboxylic acids is 1. The van der Waals surface area contributed by atoms with E-state index in [1.54, 1.807) is 4.90 Å². The molecule has 0 radical (unpaired) electrons. The van der Waals surface area contributed by atoms with E-state index in [0.29, 0.717) is 25.9 Å². The molecule has 0 aromatic carbocycles. The van der Waals surface area contributed by atoms with Gasteiger partial charge in [0.15, 0.2) is 0 Å². The summed E-state index contributed by atoms with van der Waals surface area (Å²) in [6.45, 7) is 1.34. The Morgan fingerprint density at radius 3 is 2.32 bits per heavy atom. The zero-order valence-corrected chi connectivity index (χ0v) is 11.1. The lowest BCUT2D eigenvalue weighted by molar-refractivity contribution is -0.145. The third kappa shape index (κ3) is 3.25. The first kappa shape index (κ1) is 14.3. The van der Waals surface area contributed by atoms with Crippen LogP contribution >= 0.6 is 0 Å². The second-order valence-electron chi connectivity index (χ2n) is 5.64. The van der Waals surface area contributed by atoms with Crippen LogP contribution in [-0.4, -0.2) is 58.8 Å². The van der Waals surface area contributed by atoms with Crippen molar-refractivity contribution < 1.29 is 19.8 Å². The summed E-state index contributed by atoms with van der Waals surface area (Å²) >= 11 is 0. The maximum absolute atomic E-state index is 12.0. The highest BCUT2D eigenvalue weighted by molar-refractivity contribution is 5.79. The second kappa shape index (κ2) is 5.88. The van der Waals surface area contributed by atoms with E-state index in [-0.39, 0.29) is 30.5 Å². The summed E-state index contributed by atoms with van der Waals surface area (Å²) < 4.78 is 0. The highest BCUT2D eigenvalue weighted by Gasteiger charge is 2.36. The third-order valence-corrected chi connectivity index (χ3v) is 4.42. The molecular weight excluding hydrogens is 248 g/mol. The number of carboxylic acids is 1. The summed E-state index contributed by atoms with van der Waals surface area (Å²) in [5.74, 6) is -1.07. The number of hydrogen-bond donors (Lipinski definition) is 3. The van der Waals surface area contributed by atoms with E-state index in [1.165, 1.54) is 0 Å². The molecule has 1 saturated heterocycles. The summed E-state index contributed by atoms with van der Waals surface area (Å²) in [5, 5.41) is 21.4. The van der Waals surface area contributed by atoms with Crippen LogP contribution in [0.25, 0.3) is 0 Å². The van der Waals surface area contributed by atoms with Crippen molar-refractivity contribution in [3.63, 3.8) is 0 Å². The fraction of sp³-hybridized carbons (Fsp3) is 0.846. The molecule has 19 heavy (non-hydrogen) atoms. The highest BCUT2D eigenvalue weighted by atomic mass is 16.4. The molecule has 2 rings (SSSR count). The lowest BCUT2D eigenvalue weighted by Gasteiger charge is -2.41. The molecule has 0 aromatic rings. The maximum atomic E-state index is 12.0. The Kier molecular flexibility index (Phi) is 4.42. The number of aliphatic hydroxyl groups excluding tert-OH is 1. The van der Waals surface area contributed by atoms with Gasteiger partial charge in [0, 0.05) is 18.6 Å². The fourth-order valence-corrected chi connectivity index (χ4v) is 2.75. The lowest BCUT2D eigenvalue weighted by Crippen LogP contribution is -2.57. The molecule has 0 spiro atoms. The van der Waals surface area contributed by atoms with Gasteiger partial charge in [0.25, 0.3) is 0 Å². The number of hydrogen-bond acceptors (Lipinski definition) is 4. The molecule has 1 heterocycles. The average Bonchev–Trinajstić information content (AvgIpc) is 2.38. The molecule has 108 valence electrons. The van der Waals surface area contributed by atoms with E-state index in [9.17, 15) is 14.7 Å². The van der Waals surface area contributed by atoms with Crippen LogP contribution in [0.15, 0.2) is 0 Å². The summed E-state index contributed by atoms with van der Waals surface area (Å²) in [6.07, 6.45) is 3.99. The number of aliphatic hydroxyl groups is 1. The molecule has 1 aliphatic carbocycles. The number of nitrogens with one attached hydrogen (secondary N) is 1. The zero-order valence-electron chi connectivity index (χ0n) is 11.1. The quantitative estimate of drug-likeness (QED) is 0.644. The van der Waals surface area contributed by atoms with E-state index in [1.807, 2.05) is 0 Å². The normalized spacial score (nSPS) is 22.9. The minimum absolute atomic E-state index is 0.00330. The Morgan fingerprint density at radius 2 is 1.89 bits per heavy atom. The molecule has 6 heteroatoms. The molecule has 0 atom stereocenters. The van der Waals surface area contributed by atoms with Crippen LogP contribution in [0.1, 0.15) is 32.1 Å². The number of rotatable bonds is 5. The largest absolute Gasteiger partial charge is 0.481 e. The van der Waals surface area contributed by atoms with Gasteiger partial charge in [-0.15, -0.1) is 0 Å². The molecule has 6 nitrogen and oxygen atoms in total. The predicted octanol–water partition coefficient (Wildman–Crippen LogP) is -0.186. The van der Waals surface area contributed by atoms with Gasteiger partial charge in [-0.2, -0.15) is 0 Å². The van der Waals surface area contributed by atoms with Gasteiger partial charge in [0.05, 0.1) is 19.1 Å². The van der Waals surface area contributed by atoms with Crippen molar-refractivity contribution in [3.8, 4) is 0 Å². The third-order valence-electron chi connectivity index (χ3n) is 4.42. The smallest absolute Gasteiger partial charge is 0.306 e. The summed E-state index contributed by atoms with van der Waals surface area (Å²) in [4.78, 5) is 24.6. The molecule has 1 aliphatic heterocycles. The number of nitrogens with zero attached hydrogens (tertiary/aromatic N) is 1. The van der Waals surface area contributed by atoms with Gasteiger partial charge < -0.3 is 20.4 Å². The van der Waals surface area contributed by atoms with Crippen LogP contribution in [0.3, 0.4) is 0 Å². The van der Waals surface area contributed by atoms with E-state index in [0.717, 1.165) is 19.3 Å². The van der Waals surface area contributed by atoms with Crippen LogP contribution in [-0.2, 0) is 9.59 Å². The van der Waals surface area contributed by atoms with Crippen molar-refractivity contribution in [3.05, 3.63) is 0 Å².